The Kier molecular flexibility index (Phi) is 7.67. The Morgan fingerprint density at radius 1 is 1.42 bits per heavy atom. The van der Waals surface area contributed by atoms with E-state index in [1.807, 2.05) is 6.92 Å². The molecule has 0 saturated heterocycles. The number of rotatable bonds is 6. The quantitative estimate of drug-likeness (QED) is 0.482. The average molecular weight is 304 g/mol. The van der Waals surface area contributed by atoms with Crippen LogP contribution in [0.25, 0.3) is 0 Å². The molecule has 1 rings (SSSR count). The molecule has 0 heterocycles. The number of aliphatic imine (C=N–C) groups is 1. The molecule has 0 aliphatic rings. The van der Waals surface area contributed by atoms with Crippen LogP contribution in [0.3, 0.4) is 0 Å². The van der Waals surface area contributed by atoms with Gasteiger partial charge < -0.3 is 10.6 Å². The largest absolute Gasteiger partial charge is 0.357 e. The smallest absolute Gasteiger partial charge is 0.191 e. The van der Waals surface area contributed by atoms with Gasteiger partial charge in [-0.3, -0.25) is 0 Å². The Morgan fingerprint density at radius 3 is 2.84 bits per heavy atom. The van der Waals surface area contributed by atoms with Gasteiger partial charge in [-0.05, 0) is 30.9 Å². The number of hydrogen-bond acceptors (Lipinski definition) is 2. The number of hydrogen-bond donors (Lipinski definition) is 2. The summed E-state index contributed by atoms with van der Waals surface area (Å²) in [6.07, 6.45) is 2.06. The number of halogens is 2. The first-order valence-electron chi connectivity index (χ1n) is 6.12. The molecule has 1 aromatic rings. The summed E-state index contributed by atoms with van der Waals surface area (Å²) in [6.45, 7) is 4.14. The molecule has 0 atom stereocenters. The Balaban J connectivity index is 2.60. The Labute approximate surface area is 123 Å². The molecule has 0 radical (unpaired) electrons. The summed E-state index contributed by atoms with van der Waals surface area (Å²) in [5.74, 6) is 1.38. The van der Waals surface area contributed by atoms with Gasteiger partial charge in [0.2, 0.25) is 0 Å². The second-order valence-electron chi connectivity index (χ2n) is 3.86. The minimum absolute atomic E-state index is 0.132. The molecule has 6 heteroatoms. The van der Waals surface area contributed by atoms with Gasteiger partial charge in [0, 0.05) is 18.8 Å². The molecule has 0 amide bonds. The van der Waals surface area contributed by atoms with Crippen LogP contribution in [0, 0.1) is 5.82 Å². The van der Waals surface area contributed by atoms with Crippen molar-refractivity contribution < 1.29 is 4.39 Å². The topological polar surface area (TPSA) is 36.4 Å². The Morgan fingerprint density at radius 2 is 2.21 bits per heavy atom. The number of nitrogens with zero attached hydrogens (tertiary/aromatic N) is 1. The van der Waals surface area contributed by atoms with E-state index in [2.05, 4.69) is 21.9 Å². The van der Waals surface area contributed by atoms with Gasteiger partial charge in [0.15, 0.2) is 5.96 Å². The van der Waals surface area contributed by atoms with Crippen molar-refractivity contribution >= 4 is 29.3 Å². The molecule has 0 unspecified atom stereocenters. The molecule has 0 saturated carbocycles. The summed E-state index contributed by atoms with van der Waals surface area (Å²) < 4.78 is 13.0. The molecule has 0 aliphatic heterocycles. The monoisotopic (exact) mass is 303 g/mol. The van der Waals surface area contributed by atoms with Gasteiger partial charge in [-0.1, -0.05) is 17.7 Å². The van der Waals surface area contributed by atoms with Crippen molar-refractivity contribution in [3.63, 3.8) is 0 Å². The fourth-order valence-electron chi connectivity index (χ4n) is 1.42. The standard InChI is InChI=1S/C13H19ClFN3S/c1-3-16-13(17-6-7-19-2)18-9-10-4-5-12(15)11(14)8-10/h4-5,8H,3,6-7,9H2,1-2H3,(H2,16,17,18). The third-order valence-electron chi connectivity index (χ3n) is 2.35. The van der Waals surface area contributed by atoms with Crippen LogP contribution in [-0.2, 0) is 6.54 Å². The van der Waals surface area contributed by atoms with Gasteiger partial charge >= 0.3 is 0 Å². The molecule has 1 aromatic carbocycles. The zero-order chi connectivity index (χ0) is 14.1. The van der Waals surface area contributed by atoms with Crippen LogP contribution < -0.4 is 10.6 Å². The van der Waals surface area contributed by atoms with E-state index in [0.29, 0.717) is 6.54 Å². The highest BCUT2D eigenvalue weighted by Gasteiger charge is 2.01. The fourth-order valence-corrected chi connectivity index (χ4v) is 1.93. The van der Waals surface area contributed by atoms with Gasteiger partial charge in [0.05, 0.1) is 11.6 Å². The van der Waals surface area contributed by atoms with Crippen LogP contribution in [0.15, 0.2) is 23.2 Å². The summed E-state index contributed by atoms with van der Waals surface area (Å²) >= 11 is 7.51. The average Bonchev–Trinajstić information content (AvgIpc) is 2.40. The first kappa shape index (κ1) is 16.1. The normalized spacial score (nSPS) is 11.5. The van der Waals surface area contributed by atoms with E-state index in [0.717, 1.165) is 30.4 Å². The van der Waals surface area contributed by atoms with E-state index in [4.69, 9.17) is 11.6 Å². The van der Waals surface area contributed by atoms with Crippen LogP contribution in [0.5, 0.6) is 0 Å². The van der Waals surface area contributed by atoms with Crippen molar-refractivity contribution in [2.24, 2.45) is 4.99 Å². The first-order valence-corrected chi connectivity index (χ1v) is 7.89. The lowest BCUT2D eigenvalue weighted by atomic mass is 10.2. The second-order valence-corrected chi connectivity index (χ2v) is 5.26. The highest BCUT2D eigenvalue weighted by atomic mass is 35.5. The maximum absolute atomic E-state index is 13.0. The summed E-state index contributed by atoms with van der Waals surface area (Å²) in [6, 6.07) is 4.66. The molecular formula is C13H19ClFN3S. The summed E-state index contributed by atoms with van der Waals surface area (Å²) in [5, 5.41) is 6.52. The molecule has 0 aliphatic carbocycles. The number of nitrogens with one attached hydrogen (secondary N) is 2. The van der Waals surface area contributed by atoms with E-state index in [1.54, 1.807) is 23.9 Å². The number of thioether (sulfide) groups is 1. The Hall–Kier alpha value is -0.940. The summed E-state index contributed by atoms with van der Waals surface area (Å²) in [7, 11) is 0. The van der Waals surface area contributed by atoms with E-state index in [-0.39, 0.29) is 5.02 Å². The molecule has 3 nitrogen and oxygen atoms in total. The lowest BCUT2D eigenvalue weighted by Crippen LogP contribution is -2.38. The van der Waals surface area contributed by atoms with E-state index in [1.165, 1.54) is 6.07 Å². The van der Waals surface area contributed by atoms with Crippen molar-refractivity contribution in [1.82, 2.24) is 10.6 Å². The third-order valence-corrected chi connectivity index (χ3v) is 3.25. The van der Waals surface area contributed by atoms with Crippen LogP contribution in [0.2, 0.25) is 5.02 Å². The number of benzene rings is 1. The summed E-state index contributed by atoms with van der Waals surface area (Å²) in [4.78, 5) is 4.43. The van der Waals surface area contributed by atoms with Crippen molar-refractivity contribution in [1.29, 1.82) is 0 Å². The van der Waals surface area contributed by atoms with Crippen molar-refractivity contribution in [3.8, 4) is 0 Å². The maximum atomic E-state index is 13.0. The zero-order valence-corrected chi connectivity index (χ0v) is 12.7. The van der Waals surface area contributed by atoms with E-state index in [9.17, 15) is 4.39 Å². The van der Waals surface area contributed by atoms with Gasteiger partial charge in [-0.2, -0.15) is 11.8 Å². The molecule has 0 aromatic heterocycles. The second kappa shape index (κ2) is 9.04. The maximum Gasteiger partial charge on any atom is 0.191 e. The van der Waals surface area contributed by atoms with Gasteiger partial charge in [-0.15, -0.1) is 0 Å². The van der Waals surface area contributed by atoms with Crippen LogP contribution in [0.4, 0.5) is 4.39 Å². The van der Waals surface area contributed by atoms with Gasteiger partial charge in [0.1, 0.15) is 5.82 Å². The Bertz CT molecular complexity index is 426. The minimum Gasteiger partial charge on any atom is -0.357 e. The third kappa shape index (κ3) is 6.16. The van der Waals surface area contributed by atoms with Crippen molar-refractivity contribution in [2.75, 3.05) is 25.1 Å². The van der Waals surface area contributed by atoms with Crippen molar-refractivity contribution in [3.05, 3.63) is 34.6 Å². The molecule has 0 fully saturated rings. The molecule has 0 bridgehead atoms. The van der Waals surface area contributed by atoms with Crippen LogP contribution >= 0.6 is 23.4 Å². The molecule has 2 N–H and O–H groups in total. The highest BCUT2D eigenvalue weighted by molar-refractivity contribution is 7.98. The SMILES string of the molecule is CCNC(=NCc1ccc(F)c(Cl)c1)NCCSC. The van der Waals surface area contributed by atoms with Crippen LogP contribution in [-0.4, -0.2) is 31.1 Å². The van der Waals surface area contributed by atoms with Gasteiger partial charge in [-0.25, -0.2) is 9.38 Å². The zero-order valence-electron chi connectivity index (χ0n) is 11.2. The lowest BCUT2D eigenvalue weighted by Gasteiger charge is -2.10. The molecular weight excluding hydrogens is 285 g/mol. The minimum atomic E-state index is -0.403. The van der Waals surface area contributed by atoms with Crippen LogP contribution in [0.1, 0.15) is 12.5 Å². The lowest BCUT2D eigenvalue weighted by molar-refractivity contribution is 0.627. The van der Waals surface area contributed by atoms with E-state index < -0.39 is 5.82 Å². The van der Waals surface area contributed by atoms with Gasteiger partial charge in [0.25, 0.3) is 0 Å². The highest BCUT2D eigenvalue weighted by Crippen LogP contribution is 2.16. The first-order chi connectivity index (χ1) is 9.17. The fraction of sp³-hybridized carbons (Fsp3) is 0.462. The van der Waals surface area contributed by atoms with E-state index >= 15 is 0 Å². The molecule has 19 heavy (non-hydrogen) atoms. The predicted molar refractivity (Wildman–Crippen MR) is 82.6 cm³/mol. The molecule has 106 valence electrons. The molecule has 0 spiro atoms. The number of guanidine groups is 1. The summed E-state index contributed by atoms with van der Waals surface area (Å²) in [5.41, 5.74) is 0.883. The van der Waals surface area contributed by atoms with Crippen molar-refractivity contribution in [2.45, 2.75) is 13.5 Å². The predicted octanol–water partition coefficient (Wildman–Crippen LogP) is 2.90.